The third-order valence-electron chi connectivity index (χ3n) is 3.55. The Morgan fingerprint density at radius 3 is 2.83 bits per heavy atom. The van der Waals surface area contributed by atoms with Gasteiger partial charge in [-0.2, -0.15) is 0 Å². The largest absolute Gasteiger partial charge is 0.377 e. The maximum absolute atomic E-state index is 5.98. The first kappa shape index (κ1) is 13.3. The fourth-order valence-corrected chi connectivity index (χ4v) is 2.32. The predicted octanol–water partition coefficient (Wildman–Crippen LogP) is 2.11. The molecular weight excluding hydrogens is 226 g/mol. The van der Waals surface area contributed by atoms with Crippen LogP contribution >= 0.6 is 0 Å². The zero-order valence-electron chi connectivity index (χ0n) is 11.5. The van der Waals surface area contributed by atoms with Gasteiger partial charge in [0.05, 0.1) is 36.3 Å². The SMILES string of the molecule is CCC(N)c1ccc(N2CCOCC2(C)C)cn1. The van der Waals surface area contributed by atoms with E-state index < -0.39 is 0 Å². The van der Waals surface area contributed by atoms with Crippen molar-refractivity contribution in [2.45, 2.75) is 38.8 Å². The first-order valence-corrected chi connectivity index (χ1v) is 6.61. The fourth-order valence-electron chi connectivity index (χ4n) is 2.32. The highest BCUT2D eigenvalue weighted by molar-refractivity contribution is 5.48. The van der Waals surface area contributed by atoms with E-state index >= 15 is 0 Å². The number of nitrogens with zero attached hydrogens (tertiary/aromatic N) is 2. The van der Waals surface area contributed by atoms with Crippen LogP contribution in [-0.4, -0.2) is 30.3 Å². The van der Waals surface area contributed by atoms with Gasteiger partial charge in [0.1, 0.15) is 0 Å². The molecule has 2 rings (SSSR count). The maximum atomic E-state index is 5.98. The van der Waals surface area contributed by atoms with Crippen molar-refractivity contribution in [3.05, 3.63) is 24.0 Å². The maximum Gasteiger partial charge on any atom is 0.0694 e. The summed E-state index contributed by atoms with van der Waals surface area (Å²) in [5, 5.41) is 0. The summed E-state index contributed by atoms with van der Waals surface area (Å²) in [5.74, 6) is 0. The Bertz CT molecular complexity index is 389. The Hall–Kier alpha value is -1.13. The topological polar surface area (TPSA) is 51.4 Å². The van der Waals surface area contributed by atoms with E-state index in [4.69, 9.17) is 10.5 Å². The second kappa shape index (κ2) is 5.24. The van der Waals surface area contributed by atoms with E-state index in [0.29, 0.717) is 0 Å². The predicted molar refractivity (Wildman–Crippen MR) is 73.7 cm³/mol. The van der Waals surface area contributed by atoms with Crippen LogP contribution in [0.25, 0.3) is 0 Å². The summed E-state index contributed by atoms with van der Waals surface area (Å²) >= 11 is 0. The van der Waals surface area contributed by atoms with Crippen LogP contribution in [0.4, 0.5) is 5.69 Å². The number of pyridine rings is 1. The van der Waals surface area contributed by atoms with Gasteiger partial charge >= 0.3 is 0 Å². The molecule has 0 saturated carbocycles. The van der Waals surface area contributed by atoms with Gasteiger partial charge < -0.3 is 15.4 Å². The molecule has 2 N–H and O–H groups in total. The van der Waals surface area contributed by atoms with Gasteiger partial charge in [-0.1, -0.05) is 6.92 Å². The number of morpholine rings is 1. The third kappa shape index (κ3) is 2.65. The van der Waals surface area contributed by atoms with Crippen molar-refractivity contribution in [1.82, 2.24) is 4.98 Å². The normalized spacial score (nSPS) is 20.8. The van der Waals surface area contributed by atoms with Crippen LogP contribution in [0.5, 0.6) is 0 Å². The molecule has 0 spiro atoms. The zero-order valence-corrected chi connectivity index (χ0v) is 11.5. The van der Waals surface area contributed by atoms with E-state index in [9.17, 15) is 0 Å². The molecule has 4 nitrogen and oxygen atoms in total. The van der Waals surface area contributed by atoms with Gasteiger partial charge in [-0.15, -0.1) is 0 Å². The molecule has 2 heterocycles. The van der Waals surface area contributed by atoms with Gasteiger partial charge in [0.25, 0.3) is 0 Å². The molecule has 1 unspecified atom stereocenters. The van der Waals surface area contributed by atoms with Crippen molar-refractivity contribution in [2.24, 2.45) is 5.73 Å². The number of nitrogens with two attached hydrogens (primary N) is 1. The molecule has 1 fully saturated rings. The lowest BCUT2D eigenvalue weighted by Gasteiger charge is -2.43. The van der Waals surface area contributed by atoms with Crippen molar-refractivity contribution in [3.63, 3.8) is 0 Å². The molecular formula is C14H23N3O. The Labute approximate surface area is 109 Å². The monoisotopic (exact) mass is 249 g/mol. The number of aromatic nitrogens is 1. The summed E-state index contributed by atoms with van der Waals surface area (Å²) in [6.45, 7) is 8.90. The van der Waals surface area contributed by atoms with E-state index in [1.807, 2.05) is 12.3 Å². The highest BCUT2D eigenvalue weighted by atomic mass is 16.5. The molecule has 0 aromatic carbocycles. The summed E-state index contributed by atoms with van der Waals surface area (Å²) in [7, 11) is 0. The molecule has 1 atom stereocenters. The fraction of sp³-hybridized carbons (Fsp3) is 0.643. The summed E-state index contributed by atoms with van der Waals surface area (Å²) in [6.07, 6.45) is 2.84. The summed E-state index contributed by atoms with van der Waals surface area (Å²) < 4.78 is 5.53. The average Bonchev–Trinajstić information content (AvgIpc) is 2.37. The Kier molecular flexibility index (Phi) is 3.88. The lowest BCUT2D eigenvalue weighted by Crippen LogP contribution is -2.53. The third-order valence-corrected chi connectivity index (χ3v) is 3.55. The minimum absolute atomic E-state index is 0.0221. The van der Waals surface area contributed by atoms with Gasteiger partial charge in [-0.05, 0) is 32.4 Å². The van der Waals surface area contributed by atoms with Gasteiger partial charge in [0, 0.05) is 12.6 Å². The van der Waals surface area contributed by atoms with Gasteiger partial charge in [-0.25, -0.2) is 0 Å². The van der Waals surface area contributed by atoms with Crippen LogP contribution in [0, 0.1) is 0 Å². The van der Waals surface area contributed by atoms with Crippen LogP contribution in [0.15, 0.2) is 18.3 Å². The van der Waals surface area contributed by atoms with Crippen LogP contribution in [0.1, 0.15) is 38.9 Å². The number of hydrogen-bond donors (Lipinski definition) is 1. The molecule has 1 aliphatic rings. The average molecular weight is 249 g/mol. The zero-order chi connectivity index (χ0) is 13.2. The van der Waals surface area contributed by atoms with E-state index in [2.05, 4.69) is 36.7 Å². The molecule has 0 radical (unpaired) electrons. The van der Waals surface area contributed by atoms with Crippen molar-refractivity contribution in [2.75, 3.05) is 24.7 Å². The summed E-state index contributed by atoms with van der Waals surface area (Å²) in [5.41, 5.74) is 8.12. The molecule has 0 aliphatic carbocycles. The van der Waals surface area contributed by atoms with Crippen LogP contribution in [0.3, 0.4) is 0 Å². The first-order chi connectivity index (χ1) is 8.54. The molecule has 1 aromatic rings. The molecule has 0 bridgehead atoms. The van der Waals surface area contributed by atoms with Gasteiger partial charge in [0.15, 0.2) is 0 Å². The molecule has 1 aromatic heterocycles. The summed E-state index contributed by atoms with van der Waals surface area (Å²) in [4.78, 5) is 6.83. The lowest BCUT2D eigenvalue weighted by molar-refractivity contribution is 0.0643. The highest BCUT2D eigenvalue weighted by Crippen LogP contribution is 2.27. The molecule has 1 saturated heterocycles. The van der Waals surface area contributed by atoms with Crippen molar-refractivity contribution >= 4 is 5.69 Å². The van der Waals surface area contributed by atoms with Gasteiger partial charge in [-0.3, -0.25) is 4.98 Å². The van der Waals surface area contributed by atoms with Crippen molar-refractivity contribution in [3.8, 4) is 0 Å². The highest BCUT2D eigenvalue weighted by Gasteiger charge is 2.30. The Morgan fingerprint density at radius 2 is 2.28 bits per heavy atom. The first-order valence-electron chi connectivity index (χ1n) is 6.61. The molecule has 4 heteroatoms. The number of rotatable bonds is 3. The van der Waals surface area contributed by atoms with E-state index in [0.717, 1.165) is 37.6 Å². The second-order valence-electron chi connectivity index (χ2n) is 5.47. The van der Waals surface area contributed by atoms with Crippen LogP contribution in [-0.2, 0) is 4.74 Å². The van der Waals surface area contributed by atoms with E-state index in [1.165, 1.54) is 0 Å². The smallest absolute Gasteiger partial charge is 0.0694 e. The molecule has 18 heavy (non-hydrogen) atoms. The van der Waals surface area contributed by atoms with E-state index in [1.54, 1.807) is 0 Å². The van der Waals surface area contributed by atoms with Crippen molar-refractivity contribution in [1.29, 1.82) is 0 Å². The molecule has 1 aliphatic heterocycles. The number of ether oxygens (including phenoxy) is 1. The van der Waals surface area contributed by atoms with Gasteiger partial charge in [0.2, 0.25) is 0 Å². The number of hydrogen-bond acceptors (Lipinski definition) is 4. The Morgan fingerprint density at radius 1 is 1.50 bits per heavy atom. The van der Waals surface area contributed by atoms with Crippen LogP contribution < -0.4 is 10.6 Å². The molecule has 0 amide bonds. The standard InChI is InChI=1S/C14H23N3O/c1-4-12(15)13-6-5-11(9-16-13)17-7-8-18-10-14(17,2)3/h5-6,9,12H,4,7-8,10,15H2,1-3H3. The lowest BCUT2D eigenvalue weighted by atomic mass is 10.0. The molecule has 100 valence electrons. The minimum Gasteiger partial charge on any atom is -0.377 e. The Balaban J connectivity index is 2.18. The quantitative estimate of drug-likeness (QED) is 0.891. The van der Waals surface area contributed by atoms with Crippen molar-refractivity contribution < 1.29 is 4.74 Å². The summed E-state index contributed by atoms with van der Waals surface area (Å²) in [6, 6.07) is 4.19. The minimum atomic E-state index is 0.0221. The second-order valence-corrected chi connectivity index (χ2v) is 5.47. The van der Waals surface area contributed by atoms with E-state index in [-0.39, 0.29) is 11.6 Å². The van der Waals surface area contributed by atoms with Crippen LogP contribution in [0.2, 0.25) is 0 Å². The number of anilines is 1.